The van der Waals surface area contributed by atoms with Crippen LogP contribution in [0, 0.1) is 0 Å². The van der Waals surface area contributed by atoms with E-state index in [0.29, 0.717) is 17.9 Å². The molecule has 1 heterocycles. The Labute approximate surface area is 183 Å². The van der Waals surface area contributed by atoms with Crippen molar-refractivity contribution in [3.8, 4) is 0 Å². The van der Waals surface area contributed by atoms with E-state index in [9.17, 15) is 4.79 Å². The summed E-state index contributed by atoms with van der Waals surface area (Å²) in [5.41, 5.74) is 1.18. The number of halogens is 1. The summed E-state index contributed by atoms with van der Waals surface area (Å²) in [6.07, 6.45) is -0.477. The maximum atomic E-state index is 12.5. The molecule has 0 aliphatic carbocycles. The van der Waals surface area contributed by atoms with Gasteiger partial charge in [0.1, 0.15) is 16.9 Å². The number of nitrogens with zero attached hydrogens (tertiary/aromatic N) is 2. The van der Waals surface area contributed by atoms with Crippen LogP contribution in [-0.4, -0.2) is 36.2 Å². The van der Waals surface area contributed by atoms with Gasteiger partial charge in [0.25, 0.3) is 0 Å². The van der Waals surface area contributed by atoms with Gasteiger partial charge < -0.3 is 14.8 Å². The van der Waals surface area contributed by atoms with E-state index < -0.39 is 25.8 Å². The number of ether oxygens (including phenoxy) is 2. The molecule has 2 aromatic rings. The lowest BCUT2D eigenvalue weighted by Crippen LogP contribution is -2.36. The zero-order chi connectivity index (χ0) is 21.7. The van der Waals surface area contributed by atoms with Crippen LogP contribution in [0.1, 0.15) is 38.1 Å². The van der Waals surface area contributed by atoms with Crippen LogP contribution in [0.3, 0.4) is 0 Å². The molecule has 1 aromatic heterocycles. The van der Waals surface area contributed by atoms with Crippen LogP contribution in [0.5, 0.6) is 0 Å². The van der Waals surface area contributed by atoms with Crippen molar-refractivity contribution in [1.29, 1.82) is 0 Å². The van der Waals surface area contributed by atoms with Gasteiger partial charge >= 0.3 is 6.09 Å². The van der Waals surface area contributed by atoms with Gasteiger partial charge in [-0.3, -0.25) is 0 Å². The van der Waals surface area contributed by atoms with Crippen molar-refractivity contribution in [2.75, 3.05) is 6.61 Å². The van der Waals surface area contributed by atoms with Crippen LogP contribution < -0.4 is 5.32 Å². The van der Waals surface area contributed by atoms with E-state index >= 15 is 0 Å². The number of amides is 1. The molecule has 2 rings (SSSR count). The number of carbonyl (C=O) groups is 1. The molecule has 8 heteroatoms. The predicted molar refractivity (Wildman–Crippen MR) is 122 cm³/mol. The lowest BCUT2D eigenvalue weighted by Gasteiger charge is -2.24. The molecular formula is C21H32BrN3O3Si. The molecule has 0 radical (unpaired) electrons. The van der Waals surface area contributed by atoms with E-state index in [1.165, 1.54) is 0 Å². The number of alkyl carbamates (subject to hydrolysis) is 1. The number of aromatic nitrogens is 2. The minimum atomic E-state index is -1.16. The monoisotopic (exact) mass is 481 g/mol. The van der Waals surface area contributed by atoms with Crippen molar-refractivity contribution in [3.05, 3.63) is 52.3 Å². The number of hydrogen-bond acceptors (Lipinski definition) is 4. The molecule has 29 heavy (non-hydrogen) atoms. The SMILES string of the molecule is CC(C)(C)OC(=O)NC(c1ccccc1)c1cc(Br)nn1COCC[Si](C)(C)C. The number of benzene rings is 1. The molecule has 1 unspecified atom stereocenters. The standard InChI is InChI=1S/C21H32BrN3O3Si/c1-21(2,3)28-20(26)23-19(16-10-8-7-9-11-16)17-14-18(22)24-25(17)15-27-12-13-29(4,5)6/h7-11,14,19H,12-13,15H2,1-6H3,(H,23,26). The predicted octanol–water partition coefficient (Wildman–Crippen LogP) is 5.57. The third-order valence-corrected chi connectivity index (χ3v) is 6.17. The second-order valence-electron chi connectivity index (χ2n) is 9.23. The van der Waals surface area contributed by atoms with E-state index in [1.807, 2.05) is 57.2 Å². The van der Waals surface area contributed by atoms with Gasteiger partial charge in [-0.1, -0.05) is 50.0 Å². The second-order valence-corrected chi connectivity index (χ2v) is 15.7. The Bertz CT molecular complexity index is 798. The summed E-state index contributed by atoms with van der Waals surface area (Å²) in [4.78, 5) is 12.5. The summed E-state index contributed by atoms with van der Waals surface area (Å²) in [7, 11) is -1.16. The van der Waals surface area contributed by atoms with Crippen molar-refractivity contribution in [2.45, 2.75) is 64.8 Å². The highest BCUT2D eigenvalue weighted by molar-refractivity contribution is 9.10. The molecule has 0 aliphatic heterocycles. The molecule has 1 atom stereocenters. The highest BCUT2D eigenvalue weighted by atomic mass is 79.9. The third kappa shape index (κ3) is 8.32. The van der Waals surface area contributed by atoms with Gasteiger partial charge in [-0.15, -0.1) is 0 Å². The Balaban J connectivity index is 2.23. The van der Waals surface area contributed by atoms with Gasteiger partial charge in [0.15, 0.2) is 0 Å². The summed E-state index contributed by atoms with van der Waals surface area (Å²) in [5, 5.41) is 7.48. The summed E-state index contributed by atoms with van der Waals surface area (Å²) < 4.78 is 13.8. The lowest BCUT2D eigenvalue weighted by atomic mass is 10.0. The lowest BCUT2D eigenvalue weighted by molar-refractivity contribution is 0.0500. The number of rotatable bonds is 8. The van der Waals surface area contributed by atoms with Crippen molar-refractivity contribution < 1.29 is 14.3 Å². The Kier molecular flexibility index (Phi) is 8.07. The zero-order valence-corrected chi connectivity index (χ0v) is 20.7. The second kappa shape index (κ2) is 9.91. The Hall–Kier alpha value is -1.64. The van der Waals surface area contributed by atoms with Gasteiger partial charge in [-0.2, -0.15) is 5.10 Å². The average Bonchev–Trinajstić information content (AvgIpc) is 2.95. The Morgan fingerprint density at radius 3 is 2.48 bits per heavy atom. The summed E-state index contributed by atoms with van der Waals surface area (Å²) in [6.45, 7) is 13.5. The van der Waals surface area contributed by atoms with Gasteiger partial charge in [0, 0.05) is 14.7 Å². The molecule has 0 bridgehead atoms. The van der Waals surface area contributed by atoms with Gasteiger partial charge in [0.05, 0.1) is 11.7 Å². The highest BCUT2D eigenvalue weighted by Crippen LogP contribution is 2.25. The molecule has 0 aliphatic rings. The minimum Gasteiger partial charge on any atom is -0.444 e. The first kappa shape index (κ1) is 23.6. The van der Waals surface area contributed by atoms with Crippen molar-refractivity contribution in [1.82, 2.24) is 15.1 Å². The molecule has 1 aromatic carbocycles. The fraction of sp³-hybridized carbons (Fsp3) is 0.524. The van der Waals surface area contributed by atoms with Crippen LogP contribution >= 0.6 is 15.9 Å². The fourth-order valence-electron chi connectivity index (χ4n) is 2.66. The van der Waals surface area contributed by atoms with Gasteiger partial charge in [-0.25, -0.2) is 9.48 Å². The number of hydrogen-bond donors (Lipinski definition) is 1. The van der Waals surface area contributed by atoms with Crippen LogP contribution in [0.25, 0.3) is 0 Å². The van der Waals surface area contributed by atoms with Crippen LogP contribution in [0.4, 0.5) is 4.79 Å². The zero-order valence-electron chi connectivity index (χ0n) is 18.2. The molecule has 0 saturated heterocycles. The van der Waals surface area contributed by atoms with Crippen molar-refractivity contribution in [2.24, 2.45) is 0 Å². The molecule has 0 fully saturated rings. The maximum Gasteiger partial charge on any atom is 0.408 e. The van der Waals surface area contributed by atoms with Crippen molar-refractivity contribution in [3.63, 3.8) is 0 Å². The van der Waals surface area contributed by atoms with Gasteiger partial charge in [-0.05, 0) is 54.4 Å². The maximum absolute atomic E-state index is 12.5. The van der Waals surface area contributed by atoms with E-state index in [4.69, 9.17) is 9.47 Å². The third-order valence-electron chi connectivity index (χ3n) is 4.08. The molecule has 0 saturated carbocycles. The summed E-state index contributed by atoms with van der Waals surface area (Å²) >= 11 is 3.46. The highest BCUT2D eigenvalue weighted by Gasteiger charge is 2.25. The van der Waals surface area contributed by atoms with E-state index in [1.54, 1.807) is 4.68 Å². The van der Waals surface area contributed by atoms with E-state index in [0.717, 1.165) is 17.3 Å². The van der Waals surface area contributed by atoms with Crippen LogP contribution in [0.2, 0.25) is 25.7 Å². The molecule has 160 valence electrons. The quantitative estimate of drug-likeness (QED) is 0.395. The van der Waals surface area contributed by atoms with E-state index in [2.05, 4.69) is 46.0 Å². The summed E-state index contributed by atoms with van der Waals surface area (Å²) in [5.74, 6) is 0. The Morgan fingerprint density at radius 2 is 1.90 bits per heavy atom. The van der Waals surface area contributed by atoms with Gasteiger partial charge in [0.2, 0.25) is 0 Å². The molecule has 1 N–H and O–H groups in total. The topological polar surface area (TPSA) is 65.4 Å². The molecule has 6 nitrogen and oxygen atoms in total. The fourth-order valence-corrected chi connectivity index (χ4v) is 3.85. The summed E-state index contributed by atoms with van der Waals surface area (Å²) in [6, 6.07) is 12.4. The molecular weight excluding hydrogens is 450 g/mol. The van der Waals surface area contributed by atoms with Crippen LogP contribution in [0.15, 0.2) is 41.0 Å². The van der Waals surface area contributed by atoms with Crippen molar-refractivity contribution >= 4 is 30.1 Å². The van der Waals surface area contributed by atoms with E-state index in [-0.39, 0.29) is 0 Å². The normalized spacial score (nSPS) is 13.2. The first-order valence-electron chi connectivity index (χ1n) is 9.80. The Morgan fingerprint density at radius 1 is 1.24 bits per heavy atom. The smallest absolute Gasteiger partial charge is 0.408 e. The minimum absolute atomic E-state index is 0.324. The molecule has 0 spiro atoms. The largest absolute Gasteiger partial charge is 0.444 e. The number of nitrogens with one attached hydrogen (secondary N) is 1. The average molecular weight is 482 g/mol. The van der Waals surface area contributed by atoms with Crippen LogP contribution in [-0.2, 0) is 16.2 Å². The number of carbonyl (C=O) groups excluding carboxylic acids is 1. The first-order valence-corrected chi connectivity index (χ1v) is 14.3. The first-order chi connectivity index (χ1) is 13.4. The molecule has 1 amide bonds.